The first kappa shape index (κ1) is 16.5. The van der Waals surface area contributed by atoms with E-state index in [1.54, 1.807) is 0 Å². The summed E-state index contributed by atoms with van der Waals surface area (Å²) in [5, 5.41) is 30.8. The number of aromatic nitrogens is 5. The third-order valence-electron chi connectivity index (χ3n) is 4.27. The first-order chi connectivity index (χ1) is 11.9. The smallest absolute Gasteiger partial charge is 0.177 e. The number of nitrogens with two attached hydrogens (primary N) is 1. The van der Waals surface area contributed by atoms with Gasteiger partial charge in [-0.3, -0.25) is 4.57 Å². The number of fused-ring (bicyclic) bond motifs is 3. The van der Waals surface area contributed by atoms with Gasteiger partial charge >= 0.3 is 0 Å². The molecule has 1 aliphatic rings. The van der Waals surface area contributed by atoms with E-state index in [1.165, 1.54) is 10.9 Å². The Labute approximate surface area is 149 Å². The molecule has 4 rings (SSSR count). The number of hydrogen-bond acceptors (Lipinski definition) is 9. The van der Waals surface area contributed by atoms with Crippen molar-refractivity contribution in [3.63, 3.8) is 0 Å². The van der Waals surface area contributed by atoms with Crippen molar-refractivity contribution in [2.24, 2.45) is 0 Å². The van der Waals surface area contributed by atoms with Gasteiger partial charge in [-0.1, -0.05) is 12.2 Å². The molecule has 132 valence electrons. The van der Waals surface area contributed by atoms with Gasteiger partial charge in [-0.15, -0.1) is 0 Å². The standard InChI is InChI=1S/C13H14N6O4S2/c14-8-4-5-10(17-13(25)18-11(5)24)19(9(4)16-2-15-8)12-7(22)6(21)3(1-20)23-12/h2-3,6-7,12,20-22H,1H2,(H2,14,15,16)(H2,17,18,24,25). The van der Waals surface area contributed by atoms with Gasteiger partial charge < -0.3 is 35.8 Å². The number of hydrogen-bond donors (Lipinski definition) is 6. The lowest BCUT2D eigenvalue weighted by Gasteiger charge is -2.18. The summed E-state index contributed by atoms with van der Waals surface area (Å²) in [7, 11) is 0. The Morgan fingerprint density at radius 1 is 1.20 bits per heavy atom. The summed E-state index contributed by atoms with van der Waals surface area (Å²) in [6.45, 7) is -0.445. The Morgan fingerprint density at radius 3 is 2.64 bits per heavy atom. The maximum atomic E-state index is 10.4. The molecule has 4 atom stereocenters. The van der Waals surface area contributed by atoms with Crippen molar-refractivity contribution in [2.75, 3.05) is 12.3 Å². The molecule has 1 aliphatic heterocycles. The highest BCUT2D eigenvalue weighted by Gasteiger charge is 2.44. The van der Waals surface area contributed by atoms with Crippen molar-refractivity contribution >= 4 is 52.3 Å². The summed E-state index contributed by atoms with van der Waals surface area (Å²) >= 11 is 10.5. The predicted octanol–water partition coefficient (Wildman–Crippen LogP) is -0.107. The summed E-state index contributed by atoms with van der Waals surface area (Å²) in [4.78, 5) is 14.0. The minimum absolute atomic E-state index is 0.200. The van der Waals surface area contributed by atoms with Crippen molar-refractivity contribution in [1.82, 2.24) is 24.5 Å². The summed E-state index contributed by atoms with van der Waals surface area (Å²) in [5.74, 6) is 0.200. The summed E-state index contributed by atoms with van der Waals surface area (Å²) in [5.41, 5.74) is 6.78. The first-order valence-electron chi connectivity index (χ1n) is 7.33. The lowest BCUT2D eigenvalue weighted by atomic mass is 10.1. The molecule has 1 saturated heterocycles. The van der Waals surface area contributed by atoms with Crippen molar-refractivity contribution < 1.29 is 20.1 Å². The Hall–Kier alpha value is -1.96. The van der Waals surface area contributed by atoms with Crippen LogP contribution in [0.2, 0.25) is 0 Å². The molecule has 25 heavy (non-hydrogen) atoms. The van der Waals surface area contributed by atoms with Crippen LogP contribution >= 0.6 is 24.4 Å². The van der Waals surface area contributed by atoms with E-state index in [2.05, 4.69) is 19.9 Å². The molecule has 0 spiro atoms. The monoisotopic (exact) mass is 382 g/mol. The van der Waals surface area contributed by atoms with Crippen LogP contribution < -0.4 is 5.73 Å². The predicted molar refractivity (Wildman–Crippen MR) is 92.8 cm³/mol. The van der Waals surface area contributed by atoms with Gasteiger partial charge in [-0.25, -0.2) is 9.97 Å². The second-order valence-corrected chi connectivity index (χ2v) is 6.50. The number of aromatic amines is 2. The Kier molecular flexibility index (Phi) is 3.82. The number of aliphatic hydroxyl groups is 3. The Balaban J connectivity index is 2.11. The van der Waals surface area contributed by atoms with Crippen LogP contribution in [-0.4, -0.2) is 64.7 Å². The maximum absolute atomic E-state index is 10.4. The van der Waals surface area contributed by atoms with Crippen LogP contribution in [0.3, 0.4) is 0 Å². The van der Waals surface area contributed by atoms with Gasteiger partial charge in [0, 0.05) is 0 Å². The number of nitrogens with zero attached hydrogens (tertiary/aromatic N) is 3. The van der Waals surface area contributed by atoms with E-state index >= 15 is 0 Å². The van der Waals surface area contributed by atoms with E-state index in [1.807, 2.05) is 0 Å². The summed E-state index contributed by atoms with van der Waals surface area (Å²) in [6, 6.07) is 0. The number of H-pyrrole nitrogens is 2. The quantitative estimate of drug-likeness (QED) is 0.333. The molecular formula is C13H14N6O4S2. The number of nitrogen functional groups attached to an aromatic ring is 1. The van der Waals surface area contributed by atoms with E-state index in [9.17, 15) is 15.3 Å². The fourth-order valence-electron chi connectivity index (χ4n) is 3.15. The molecule has 7 N–H and O–H groups in total. The van der Waals surface area contributed by atoms with Gasteiger partial charge in [0.15, 0.2) is 11.0 Å². The van der Waals surface area contributed by atoms with E-state index < -0.39 is 31.1 Å². The number of rotatable bonds is 2. The van der Waals surface area contributed by atoms with Crippen LogP contribution in [0.1, 0.15) is 6.23 Å². The molecular weight excluding hydrogens is 368 g/mol. The summed E-state index contributed by atoms with van der Waals surface area (Å²) < 4.78 is 7.74. The first-order valence-corrected chi connectivity index (χ1v) is 8.14. The van der Waals surface area contributed by atoms with Crippen molar-refractivity contribution in [2.45, 2.75) is 24.5 Å². The molecule has 1 fully saturated rings. The average Bonchev–Trinajstić information content (AvgIpc) is 3.04. The highest BCUT2D eigenvalue weighted by atomic mass is 32.1. The topological polar surface area (TPSA) is 158 Å². The lowest BCUT2D eigenvalue weighted by Crippen LogP contribution is -2.33. The molecule has 12 heteroatoms. The fourth-order valence-corrected chi connectivity index (χ4v) is 3.71. The third-order valence-corrected chi connectivity index (χ3v) is 4.78. The minimum Gasteiger partial charge on any atom is -0.394 e. The molecule has 4 heterocycles. The highest BCUT2D eigenvalue weighted by Crippen LogP contribution is 2.37. The highest BCUT2D eigenvalue weighted by molar-refractivity contribution is 7.72. The van der Waals surface area contributed by atoms with Gasteiger partial charge in [0.1, 0.15) is 46.4 Å². The summed E-state index contributed by atoms with van der Waals surface area (Å²) in [6.07, 6.45) is -3.25. The molecule has 0 saturated carbocycles. The Morgan fingerprint density at radius 2 is 1.96 bits per heavy atom. The number of aliphatic hydroxyl groups excluding tert-OH is 3. The van der Waals surface area contributed by atoms with Gasteiger partial charge in [0.2, 0.25) is 0 Å². The molecule has 10 nitrogen and oxygen atoms in total. The van der Waals surface area contributed by atoms with E-state index in [-0.39, 0.29) is 10.6 Å². The van der Waals surface area contributed by atoms with Gasteiger partial charge in [-0.05, 0) is 12.2 Å². The van der Waals surface area contributed by atoms with Crippen LogP contribution in [0.15, 0.2) is 6.33 Å². The SMILES string of the molecule is Nc1ncnc2c1c1c(=S)[nH]c(=S)[nH]c1n2C1OC(CO)C(O)C1O. The zero-order valence-electron chi connectivity index (χ0n) is 12.6. The fraction of sp³-hybridized carbons (Fsp3) is 0.385. The van der Waals surface area contributed by atoms with Gasteiger partial charge in [0.05, 0.1) is 17.4 Å². The van der Waals surface area contributed by atoms with Crippen molar-refractivity contribution in [3.05, 3.63) is 15.7 Å². The molecule has 0 radical (unpaired) electrons. The van der Waals surface area contributed by atoms with Crippen molar-refractivity contribution in [1.29, 1.82) is 0 Å². The van der Waals surface area contributed by atoms with E-state index in [0.29, 0.717) is 26.7 Å². The van der Waals surface area contributed by atoms with Gasteiger partial charge in [0.25, 0.3) is 0 Å². The van der Waals surface area contributed by atoms with Crippen LogP contribution in [0, 0.1) is 9.41 Å². The zero-order chi connectivity index (χ0) is 17.9. The van der Waals surface area contributed by atoms with Crippen LogP contribution in [0.4, 0.5) is 5.82 Å². The zero-order valence-corrected chi connectivity index (χ0v) is 14.2. The largest absolute Gasteiger partial charge is 0.394 e. The molecule has 0 bridgehead atoms. The molecule has 0 aliphatic carbocycles. The van der Waals surface area contributed by atoms with E-state index in [4.69, 9.17) is 34.9 Å². The minimum atomic E-state index is -1.30. The lowest BCUT2D eigenvalue weighted by molar-refractivity contribution is -0.0492. The normalized spacial score (nSPS) is 26.7. The molecule has 0 amide bonds. The maximum Gasteiger partial charge on any atom is 0.177 e. The van der Waals surface area contributed by atoms with Gasteiger partial charge in [-0.2, -0.15) is 0 Å². The molecule has 3 aromatic heterocycles. The van der Waals surface area contributed by atoms with Crippen LogP contribution in [0.5, 0.6) is 0 Å². The molecule has 4 unspecified atom stereocenters. The second-order valence-electron chi connectivity index (χ2n) is 5.69. The van der Waals surface area contributed by atoms with Crippen LogP contribution in [-0.2, 0) is 4.74 Å². The Bertz CT molecular complexity index is 1090. The average molecular weight is 382 g/mol. The van der Waals surface area contributed by atoms with Crippen LogP contribution in [0.25, 0.3) is 22.1 Å². The number of nitrogens with one attached hydrogen (secondary N) is 2. The van der Waals surface area contributed by atoms with E-state index in [0.717, 1.165) is 0 Å². The molecule has 0 aromatic carbocycles. The van der Waals surface area contributed by atoms with Crippen molar-refractivity contribution in [3.8, 4) is 0 Å². The number of ether oxygens (including phenoxy) is 1. The number of anilines is 1. The second kappa shape index (κ2) is 5.79. The molecule has 3 aromatic rings. The third kappa shape index (κ3) is 2.30.